The van der Waals surface area contributed by atoms with Crippen molar-refractivity contribution < 1.29 is 14.2 Å². The lowest BCUT2D eigenvalue weighted by Gasteiger charge is -2.33. The van der Waals surface area contributed by atoms with Crippen LogP contribution in [0.5, 0.6) is 11.5 Å². The van der Waals surface area contributed by atoms with Gasteiger partial charge in [0.15, 0.2) is 11.5 Å². The fourth-order valence-corrected chi connectivity index (χ4v) is 3.51. The first kappa shape index (κ1) is 16.0. The van der Waals surface area contributed by atoms with Gasteiger partial charge in [0.25, 0.3) is 0 Å². The number of hydrogen-bond donors (Lipinski definition) is 0. The zero-order chi connectivity index (χ0) is 16.5. The monoisotopic (exact) mass is 365 g/mol. The molecule has 0 saturated carbocycles. The molecule has 2 heterocycles. The standard InChI is InChI=1S/C18H17Cl2NO3/c19-14-3-1-13(2-4-14)17-10-21(5-6-22-17)9-12-7-15(20)18-16(8-12)23-11-24-18/h1-4,7-8,17H,5-6,9-11H2/t17-/m1/s1. The molecule has 1 atom stereocenters. The van der Waals surface area contributed by atoms with E-state index in [1.165, 1.54) is 0 Å². The molecule has 2 aromatic rings. The number of hydrogen-bond acceptors (Lipinski definition) is 4. The van der Waals surface area contributed by atoms with Crippen molar-refractivity contribution in [3.63, 3.8) is 0 Å². The second-order valence-electron chi connectivity index (χ2n) is 5.96. The largest absolute Gasteiger partial charge is 0.454 e. The molecule has 4 nitrogen and oxygen atoms in total. The van der Waals surface area contributed by atoms with Crippen molar-refractivity contribution >= 4 is 23.2 Å². The molecule has 6 heteroatoms. The lowest BCUT2D eigenvalue weighted by molar-refractivity contribution is -0.0329. The van der Waals surface area contributed by atoms with Crippen molar-refractivity contribution in [2.24, 2.45) is 0 Å². The van der Waals surface area contributed by atoms with Gasteiger partial charge in [-0.1, -0.05) is 35.3 Å². The molecule has 4 rings (SSSR count). The lowest BCUT2D eigenvalue weighted by Crippen LogP contribution is -2.37. The van der Waals surface area contributed by atoms with Crippen LogP contribution in [0.3, 0.4) is 0 Å². The molecule has 0 amide bonds. The number of halogens is 2. The van der Waals surface area contributed by atoms with Gasteiger partial charge in [0.1, 0.15) is 0 Å². The fourth-order valence-electron chi connectivity index (χ4n) is 3.10. The van der Waals surface area contributed by atoms with Crippen LogP contribution in [0.2, 0.25) is 10.0 Å². The molecule has 1 fully saturated rings. The van der Waals surface area contributed by atoms with Crippen molar-refractivity contribution in [2.45, 2.75) is 12.6 Å². The Bertz CT molecular complexity index is 736. The third-order valence-corrected chi connectivity index (χ3v) is 4.82. The molecule has 2 aliphatic heterocycles. The summed E-state index contributed by atoms with van der Waals surface area (Å²) in [5, 5.41) is 1.34. The highest BCUT2D eigenvalue weighted by molar-refractivity contribution is 6.32. The maximum atomic E-state index is 6.27. The topological polar surface area (TPSA) is 30.9 Å². The van der Waals surface area contributed by atoms with Crippen molar-refractivity contribution in [3.05, 3.63) is 57.6 Å². The number of morpholine rings is 1. The third kappa shape index (κ3) is 3.33. The van der Waals surface area contributed by atoms with Crippen molar-refractivity contribution in [1.82, 2.24) is 4.90 Å². The average Bonchev–Trinajstić information content (AvgIpc) is 3.05. The lowest BCUT2D eigenvalue weighted by atomic mass is 10.1. The van der Waals surface area contributed by atoms with Gasteiger partial charge in [0, 0.05) is 24.7 Å². The molecule has 0 spiro atoms. The van der Waals surface area contributed by atoms with Crippen LogP contribution in [0.1, 0.15) is 17.2 Å². The average molecular weight is 366 g/mol. The molecule has 2 aromatic carbocycles. The van der Waals surface area contributed by atoms with Gasteiger partial charge in [-0.15, -0.1) is 0 Å². The summed E-state index contributed by atoms with van der Waals surface area (Å²) in [4.78, 5) is 2.36. The van der Waals surface area contributed by atoms with E-state index in [1.807, 2.05) is 36.4 Å². The summed E-state index contributed by atoms with van der Waals surface area (Å²) in [6.07, 6.45) is 0.0560. The minimum atomic E-state index is 0.0560. The van der Waals surface area contributed by atoms with Crippen LogP contribution < -0.4 is 9.47 Å². The third-order valence-electron chi connectivity index (χ3n) is 4.29. The van der Waals surface area contributed by atoms with Crippen LogP contribution in [-0.4, -0.2) is 31.4 Å². The molecule has 0 unspecified atom stereocenters. The van der Waals surface area contributed by atoms with E-state index >= 15 is 0 Å². The molecular weight excluding hydrogens is 349 g/mol. The summed E-state index contributed by atoms with van der Waals surface area (Å²) >= 11 is 12.2. The summed E-state index contributed by atoms with van der Waals surface area (Å²) in [7, 11) is 0. The number of fused-ring (bicyclic) bond motifs is 1. The van der Waals surface area contributed by atoms with E-state index in [4.69, 9.17) is 37.4 Å². The number of benzene rings is 2. The number of ether oxygens (including phenoxy) is 3. The molecule has 0 aromatic heterocycles. The highest BCUT2D eigenvalue weighted by Crippen LogP contribution is 2.40. The van der Waals surface area contributed by atoms with Crippen LogP contribution in [0.15, 0.2) is 36.4 Å². The first-order chi connectivity index (χ1) is 11.7. The van der Waals surface area contributed by atoms with Gasteiger partial charge in [-0.05, 0) is 35.4 Å². The Morgan fingerprint density at radius 1 is 1.08 bits per heavy atom. The number of rotatable bonds is 3. The maximum absolute atomic E-state index is 6.27. The van der Waals surface area contributed by atoms with Gasteiger partial charge in [-0.2, -0.15) is 0 Å². The molecule has 0 bridgehead atoms. The van der Waals surface area contributed by atoms with Gasteiger partial charge >= 0.3 is 0 Å². The summed E-state index contributed by atoms with van der Waals surface area (Å²) in [5.74, 6) is 1.36. The maximum Gasteiger partial charge on any atom is 0.231 e. The second-order valence-corrected chi connectivity index (χ2v) is 6.80. The predicted molar refractivity (Wildman–Crippen MR) is 93.0 cm³/mol. The molecule has 0 radical (unpaired) electrons. The van der Waals surface area contributed by atoms with E-state index < -0.39 is 0 Å². The zero-order valence-electron chi connectivity index (χ0n) is 13.0. The van der Waals surface area contributed by atoms with Gasteiger partial charge < -0.3 is 14.2 Å². The minimum absolute atomic E-state index is 0.0560. The fraction of sp³-hybridized carbons (Fsp3) is 0.333. The highest BCUT2D eigenvalue weighted by Gasteiger charge is 2.24. The zero-order valence-corrected chi connectivity index (χ0v) is 14.5. The van der Waals surface area contributed by atoms with Gasteiger partial charge in [0.2, 0.25) is 6.79 Å². The molecule has 0 N–H and O–H groups in total. The summed E-state index contributed by atoms with van der Waals surface area (Å²) in [5.41, 5.74) is 2.26. The van der Waals surface area contributed by atoms with Crippen LogP contribution in [0.25, 0.3) is 0 Å². The Labute approximate surface area is 150 Å². The predicted octanol–water partition coefficient (Wildman–Crippen LogP) is 4.30. The SMILES string of the molecule is Clc1ccc([C@H]2CN(Cc3cc(Cl)c4c(c3)OCO4)CCO2)cc1. The van der Waals surface area contributed by atoms with Crippen LogP contribution in [0.4, 0.5) is 0 Å². The van der Waals surface area contributed by atoms with Crippen molar-refractivity contribution in [2.75, 3.05) is 26.5 Å². The van der Waals surface area contributed by atoms with E-state index in [0.29, 0.717) is 17.4 Å². The van der Waals surface area contributed by atoms with Crippen LogP contribution >= 0.6 is 23.2 Å². The Hall–Kier alpha value is -1.46. The quantitative estimate of drug-likeness (QED) is 0.811. The molecule has 2 aliphatic rings. The second kappa shape index (κ2) is 6.81. The number of nitrogens with zero attached hydrogens (tertiary/aromatic N) is 1. The van der Waals surface area contributed by atoms with Gasteiger partial charge in [-0.25, -0.2) is 0 Å². The normalized spacial score (nSPS) is 20.3. The minimum Gasteiger partial charge on any atom is -0.454 e. The van der Waals surface area contributed by atoms with Gasteiger partial charge in [0.05, 0.1) is 17.7 Å². The molecule has 0 aliphatic carbocycles. The first-order valence-electron chi connectivity index (χ1n) is 7.86. The Morgan fingerprint density at radius 2 is 1.92 bits per heavy atom. The Kier molecular flexibility index (Phi) is 4.55. The van der Waals surface area contributed by atoms with Crippen LogP contribution in [-0.2, 0) is 11.3 Å². The van der Waals surface area contributed by atoms with Gasteiger partial charge in [-0.3, -0.25) is 4.90 Å². The Balaban J connectivity index is 1.47. The molecular formula is C18H17Cl2NO3. The summed E-state index contributed by atoms with van der Waals surface area (Å²) in [6, 6.07) is 11.8. The smallest absolute Gasteiger partial charge is 0.231 e. The van der Waals surface area contributed by atoms with E-state index in [-0.39, 0.29) is 12.9 Å². The molecule has 1 saturated heterocycles. The molecule has 24 heavy (non-hydrogen) atoms. The molecule has 126 valence electrons. The van der Waals surface area contributed by atoms with E-state index in [1.54, 1.807) is 0 Å². The van der Waals surface area contributed by atoms with Crippen molar-refractivity contribution in [1.29, 1.82) is 0 Å². The Morgan fingerprint density at radius 3 is 2.75 bits per heavy atom. The highest BCUT2D eigenvalue weighted by atomic mass is 35.5. The summed E-state index contributed by atoms with van der Waals surface area (Å²) < 4.78 is 16.7. The van der Waals surface area contributed by atoms with E-state index in [0.717, 1.165) is 41.5 Å². The summed E-state index contributed by atoms with van der Waals surface area (Å²) in [6.45, 7) is 3.44. The first-order valence-corrected chi connectivity index (χ1v) is 8.62. The van der Waals surface area contributed by atoms with E-state index in [2.05, 4.69) is 4.90 Å². The van der Waals surface area contributed by atoms with Crippen molar-refractivity contribution in [3.8, 4) is 11.5 Å². The van der Waals surface area contributed by atoms with Crippen LogP contribution in [0, 0.1) is 0 Å². The van der Waals surface area contributed by atoms with E-state index in [9.17, 15) is 0 Å².